The predicted octanol–water partition coefficient (Wildman–Crippen LogP) is 8.38. The number of carbonyl (C=O) groups is 2. The predicted molar refractivity (Wildman–Crippen MR) is 166 cm³/mol. The van der Waals surface area contributed by atoms with Crippen molar-refractivity contribution in [3.8, 4) is 0 Å². The maximum Gasteiger partial charge on any atom is 0.309 e. The van der Waals surface area contributed by atoms with Crippen LogP contribution in [0.1, 0.15) is 174 Å². The summed E-state index contributed by atoms with van der Waals surface area (Å²) in [6, 6.07) is 0. The van der Waals surface area contributed by atoms with Crippen LogP contribution in [-0.4, -0.2) is 52.5 Å². The summed E-state index contributed by atoms with van der Waals surface area (Å²) >= 11 is 0. The van der Waals surface area contributed by atoms with Gasteiger partial charge in [0.1, 0.15) is 11.9 Å². The lowest BCUT2D eigenvalue weighted by Crippen LogP contribution is -2.31. The second kappa shape index (κ2) is 22.5. The van der Waals surface area contributed by atoms with Gasteiger partial charge in [-0.1, -0.05) is 116 Å². The van der Waals surface area contributed by atoms with Crippen LogP contribution in [0.5, 0.6) is 0 Å². The summed E-state index contributed by atoms with van der Waals surface area (Å²) in [7, 11) is 0. The molecule has 0 spiro atoms. The Bertz CT molecular complexity index is 682. The number of ether oxygens (including phenoxy) is 2. The van der Waals surface area contributed by atoms with Crippen molar-refractivity contribution in [2.45, 2.75) is 205 Å². The van der Waals surface area contributed by atoms with Crippen molar-refractivity contribution in [2.24, 2.45) is 5.92 Å². The molecule has 0 radical (unpaired) electrons. The molecule has 0 aromatic heterocycles. The molecule has 0 unspecified atom stereocenters. The van der Waals surface area contributed by atoms with Crippen molar-refractivity contribution in [3.63, 3.8) is 0 Å². The van der Waals surface area contributed by atoms with Crippen LogP contribution in [0.4, 0.5) is 0 Å². The van der Waals surface area contributed by atoms with Crippen molar-refractivity contribution in [3.05, 3.63) is 0 Å². The Morgan fingerprint density at radius 1 is 0.732 bits per heavy atom. The van der Waals surface area contributed by atoms with Crippen LogP contribution >= 0.6 is 0 Å². The summed E-state index contributed by atoms with van der Waals surface area (Å²) < 4.78 is 11.5. The van der Waals surface area contributed by atoms with Crippen LogP contribution in [-0.2, 0) is 19.1 Å². The van der Waals surface area contributed by atoms with E-state index in [0.717, 1.165) is 64.2 Å². The molecular formula is C35H64O6. The summed E-state index contributed by atoms with van der Waals surface area (Å²) in [4.78, 5) is 23.1. The number of hydrogen-bond donors (Lipinski definition) is 2. The zero-order valence-electron chi connectivity index (χ0n) is 26.7. The topological polar surface area (TPSA) is 93.1 Å². The van der Waals surface area contributed by atoms with E-state index < -0.39 is 12.2 Å². The number of Topliss-reactive ketones (excluding diaryl/α,β-unsaturated/α-hetero) is 1. The average molecular weight is 581 g/mol. The lowest BCUT2D eigenvalue weighted by atomic mass is 9.96. The highest BCUT2D eigenvalue weighted by molar-refractivity contribution is 5.83. The van der Waals surface area contributed by atoms with Gasteiger partial charge in [-0.25, -0.2) is 0 Å². The minimum absolute atomic E-state index is 0.00482. The Kier molecular flexibility index (Phi) is 19.9. The van der Waals surface area contributed by atoms with Gasteiger partial charge in [0, 0.05) is 6.42 Å². The Balaban J connectivity index is 1.37. The maximum absolute atomic E-state index is 11.8. The molecule has 2 heterocycles. The minimum Gasteiger partial charge on any atom is -0.462 e. The smallest absolute Gasteiger partial charge is 0.309 e. The zero-order valence-corrected chi connectivity index (χ0v) is 26.7. The molecule has 2 aliphatic heterocycles. The second-order valence-corrected chi connectivity index (χ2v) is 13.2. The lowest BCUT2D eigenvalue weighted by molar-refractivity contribution is -0.145. The molecule has 2 saturated heterocycles. The van der Waals surface area contributed by atoms with E-state index in [9.17, 15) is 19.8 Å². The van der Waals surface area contributed by atoms with Crippen LogP contribution in [0.2, 0.25) is 0 Å². The zero-order chi connectivity index (χ0) is 29.7. The van der Waals surface area contributed by atoms with Crippen molar-refractivity contribution in [2.75, 3.05) is 0 Å². The van der Waals surface area contributed by atoms with E-state index in [0.29, 0.717) is 12.8 Å². The molecule has 0 amide bonds. The molecule has 6 heteroatoms. The number of cyclic esters (lactones) is 1. The van der Waals surface area contributed by atoms with Crippen molar-refractivity contribution in [1.82, 2.24) is 0 Å². The van der Waals surface area contributed by atoms with Crippen LogP contribution in [0.15, 0.2) is 0 Å². The number of unbranched alkanes of at least 4 members (excludes halogenated alkanes) is 16. The van der Waals surface area contributed by atoms with Gasteiger partial charge in [-0.15, -0.1) is 0 Å². The maximum atomic E-state index is 11.8. The fourth-order valence-corrected chi connectivity index (χ4v) is 6.67. The third-order valence-electron chi connectivity index (χ3n) is 9.27. The van der Waals surface area contributed by atoms with E-state index in [1.807, 2.05) is 0 Å². The first-order valence-electron chi connectivity index (χ1n) is 17.6. The number of hydrogen-bond acceptors (Lipinski definition) is 6. The molecule has 0 aliphatic carbocycles. The highest BCUT2D eigenvalue weighted by Crippen LogP contribution is 2.29. The van der Waals surface area contributed by atoms with Gasteiger partial charge in [-0.2, -0.15) is 0 Å². The van der Waals surface area contributed by atoms with Gasteiger partial charge in [0.05, 0.1) is 30.3 Å². The lowest BCUT2D eigenvalue weighted by Gasteiger charge is -2.22. The van der Waals surface area contributed by atoms with Gasteiger partial charge in [0.15, 0.2) is 0 Å². The van der Waals surface area contributed by atoms with E-state index in [1.165, 1.54) is 90.4 Å². The summed E-state index contributed by atoms with van der Waals surface area (Å²) in [5.41, 5.74) is 0. The summed E-state index contributed by atoms with van der Waals surface area (Å²) in [5, 5.41) is 21.2. The quantitative estimate of drug-likeness (QED) is 0.0788. The molecular weight excluding hydrogens is 516 g/mol. The van der Waals surface area contributed by atoms with Crippen molar-refractivity contribution >= 4 is 11.8 Å². The molecule has 2 rings (SSSR count). The van der Waals surface area contributed by atoms with E-state index in [1.54, 1.807) is 0 Å². The highest BCUT2D eigenvalue weighted by Gasteiger charge is 2.35. The largest absolute Gasteiger partial charge is 0.462 e. The van der Waals surface area contributed by atoms with E-state index in [2.05, 4.69) is 6.92 Å². The first-order valence-corrected chi connectivity index (χ1v) is 17.6. The third-order valence-corrected chi connectivity index (χ3v) is 9.27. The second-order valence-electron chi connectivity index (χ2n) is 13.2. The van der Waals surface area contributed by atoms with Gasteiger partial charge in [0.25, 0.3) is 0 Å². The summed E-state index contributed by atoms with van der Waals surface area (Å²) in [6.07, 6.45) is 26.6. The van der Waals surface area contributed by atoms with Gasteiger partial charge in [-0.3, -0.25) is 4.79 Å². The van der Waals surface area contributed by atoms with Crippen molar-refractivity contribution in [1.29, 1.82) is 0 Å². The summed E-state index contributed by atoms with van der Waals surface area (Å²) in [5.74, 6) is -0.345. The van der Waals surface area contributed by atoms with Crippen LogP contribution in [0, 0.1) is 5.92 Å². The Morgan fingerprint density at radius 3 is 1.63 bits per heavy atom. The third kappa shape index (κ3) is 16.4. The van der Waals surface area contributed by atoms with Crippen LogP contribution in [0.25, 0.3) is 0 Å². The minimum atomic E-state index is -0.413. The molecule has 2 fully saturated rings. The van der Waals surface area contributed by atoms with E-state index in [4.69, 9.17) is 9.47 Å². The number of aliphatic hydroxyl groups excluding tert-OH is 2. The molecule has 41 heavy (non-hydrogen) atoms. The molecule has 6 atom stereocenters. The number of aliphatic hydroxyl groups is 2. The molecule has 6 nitrogen and oxygen atoms in total. The fraction of sp³-hybridized carbons (Fsp3) is 0.943. The average Bonchev–Trinajstić information content (AvgIpc) is 3.57. The Morgan fingerprint density at radius 2 is 1.17 bits per heavy atom. The van der Waals surface area contributed by atoms with E-state index >= 15 is 0 Å². The number of esters is 1. The molecule has 0 bridgehead atoms. The Hall–Kier alpha value is -0.980. The molecule has 240 valence electrons. The van der Waals surface area contributed by atoms with Crippen molar-refractivity contribution < 1.29 is 29.3 Å². The van der Waals surface area contributed by atoms with Crippen LogP contribution in [0.3, 0.4) is 0 Å². The van der Waals surface area contributed by atoms with Gasteiger partial charge in [0.2, 0.25) is 0 Å². The summed E-state index contributed by atoms with van der Waals surface area (Å²) in [6.45, 7) is 3.80. The molecule has 2 aliphatic rings. The van der Waals surface area contributed by atoms with E-state index in [-0.39, 0.29) is 36.0 Å². The first-order chi connectivity index (χ1) is 19.9. The first kappa shape index (κ1) is 36.2. The Labute approximate surface area is 251 Å². The highest BCUT2D eigenvalue weighted by atomic mass is 16.6. The molecule has 2 N–H and O–H groups in total. The SMILES string of the molecule is CCCCCCCCCCCC[C@@H](O)[C@H]1CC[C@H]([C@H](O)CCCCCCCCCC[C@H]2C[C@@H](CC(C)=O)C(=O)O2)O1. The van der Waals surface area contributed by atoms with Gasteiger partial charge < -0.3 is 24.5 Å². The molecule has 0 aromatic rings. The monoisotopic (exact) mass is 580 g/mol. The fourth-order valence-electron chi connectivity index (χ4n) is 6.67. The number of ketones is 1. The number of rotatable bonds is 26. The molecule has 0 aromatic carbocycles. The van der Waals surface area contributed by atoms with Gasteiger partial charge in [-0.05, 0) is 51.9 Å². The number of carbonyl (C=O) groups excluding carboxylic acids is 2. The normalized spacial score (nSPS) is 24.0. The van der Waals surface area contributed by atoms with Gasteiger partial charge >= 0.3 is 5.97 Å². The van der Waals surface area contributed by atoms with Crippen LogP contribution < -0.4 is 0 Å². The standard InChI is InChI=1S/C35H64O6/c1-3-4-5-6-7-8-9-13-16-19-22-31(37)33-24-25-34(41-33)32(38)23-20-17-14-11-10-12-15-18-21-30-27-29(26-28(2)36)35(39)40-30/h29-34,37-38H,3-27H2,1-2H3/t29-,30+,31-,32-,33-,34-/m1/s1. The molecule has 0 saturated carbocycles.